The first-order valence-electron chi connectivity index (χ1n) is 8.97. The van der Waals surface area contributed by atoms with Crippen molar-refractivity contribution in [3.05, 3.63) is 69.0 Å². The summed E-state index contributed by atoms with van der Waals surface area (Å²) in [5.41, 5.74) is -0.0981. The normalized spacial score (nSPS) is 11.6. The lowest BCUT2D eigenvalue weighted by Gasteiger charge is -2.19. The van der Waals surface area contributed by atoms with Crippen molar-refractivity contribution >= 4 is 29.2 Å². The molecule has 0 bridgehead atoms. The molecule has 0 saturated carbocycles. The molecular weight excluding hydrogens is 419 g/mol. The van der Waals surface area contributed by atoms with Crippen LogP contribution in [-0.4, -0.2) is 29.5 Å². The number of ether oxygens (including phenoxy) is 2. The molecular formula is C20H20ClFN2O6. The molecule has 0 aliphatic rings. The van der Waals surface area contributed by atoms with Gasteiger partial charge in [0.15, 0.2) is 6.61 Å². The van der Waals surface area contributed by atoms with Crippen molar-refractivity contribution in [3.8, 4) is 5.75 Å². The predicted octanol–water partition coefficient (Wildman–Crippen LogP) is 3.97. The number of nitro groups is 1. The Kier molecular flexibility index (Phi) is 8.11. The van der Waals surface area contributed by atoms with Crippen LogP contribution in [0.25, 0.3) is 0 Å². The largest absolute Gasteiger partial charge is 0.482 e. The van der Waals surface area contributed by atoms with Gasteiger partial charge in [0.2, 0.25) is 0 Å². The van der Waals surface area contributed by atoms with E-state index in [1.165, 1.54) is 24.3 Å². The fourth-order valence-corrected chi connectivity index (χ4v) is 2.86. The van der Waals surface area contributed by atoms with E-state index in [4.69, 9.17) is 21.1 Å². The number of benzene rings is 2. The number of hydrogen-bond acceptors (Lipinski definition) is 6. The molecule has 0 saturated heterocycles. The van der Waals surface area contributed by atoms with E-state index in [1.54, 1.807) is 19.9 Å². The Balaban J connectivity index is 2.17. The van der Waals surface area contributed by atoms with Gasteiger partial charge in [-0.1, -0.05) is 29.8 Å². The van der Waals surface area contributed by atoms with E-state index in [0.717, 1.165) is 12.1 Å². The van der Waals surface area contributed by atoms with Gasteiger partial charge in [0.25, 0.3) is 11.6 Å². The topological polar surface area (TPSA) is 108 Å². The van der Waals surface area contributed by atoms with Crippen LogP contribution in [-0.2, 0) is 14.3 Å². The fourth-order valence-electron chi connectivity index (χ4n) is 2.64. The molecule has 0 spiro atoms. The molecule has 0 heterocycles. The molecule has 8 nitrogen and oxygen atoms in total. The van der Waals surface area contributed by atoms with Crippen molar-refractivity contribution in [3.63, 3.8) is 0 Å². The second kappa shape index (κ2) is 10.5. The third kappa shape index (κ3) is 6.70. The van der Waals surface area contributed by atoms with Gasteiger partial charge in [-0.3, -0.25) is 19.7 Å². The SMILES string of the molecule is CC(C)OC(=O)CC(NC(=O)COc1ccc(F)cc1Cl)c1ccccc1[N+](=O)[O-]. The second-order valence-corrected chi connectivity index (χ2v) is 6.95. The molecule has 10 heteroatoms. The minimum atomic E-state index is -1.02. The molecule has 2 rings (SSSR count). The predicted molar refractivity (Wildman–Crippen MR) is 107 cm³/mol. The number of carbonyl (C=O) groups is 2. The maximum atomic E-state index is 13.1. The Bertz CT molecular complexity index is 937. The minimum Gasteiger partial charge on any atom is -0.482 e. The summed E-state index contributed by atoms with van der Waals surface area (Å²) in [6, 6.07) is 8.17. The smallest absolute Gasteiger partial charge is 0.308 e. The van der Waals surface area contributed by atoms with Crippen LogP contribution in [0.2, 0.25) is 5.02 Å². The van der Waals surface area contributed by atoms with Crippen LogP contribution in [0.4, 0.5) is 10.1 Å². The van der Waals surface area contributed by atoms with Crippen LogP contribution in [0, 0.1) is 15.9 Å². The van der Waals surface area contributed by atoms with Crippen molar-refractivity contribution in [1.82, 2.24) is 5.32 Å². The fraction of sp³-hybridized carbons (Fsp3) is 0.300. The number of esters is 1. The summed E-state index contributed by atoms with van der Waals surface area (Å²) in [5.74, 6) is -1.75. The summed E-state index contributed by atoms with van der Waals surface area (Å²) in [6.45, 7) is 2.83. The molecule has 0 radical (unpaired) electrons. The van der Waals surface area contributed by atoms with Gasteiger partial charge < -0.3 is 14.8 Å². The molecule has 30 heavy (non-hydrogen) atoms. The molecule has 0 fully saturated rings. The average Bonchev–Trinajstić information content (AvgIpc) is 2.66. The molecule has 0 aliphatic carbocycles. The summed E-state index contributed by atoms with van der Waals surface area (Å²) in [7, 11) is 0. The van der Waals surface area contributed by atoms with Gasteiger partial charge in [-0.15, -0.1) is 0 Å². The van der Waals surface area contributed by atoms with E-state index < -0.39 is 35.3 Å². The Hall–Kier alpha value is -3.20. The number of nitro benzene ring substituents is 1. The molecule has 1 atom stereocenters. The summed E-state index contributed by atoms with van der Waals surface area (Å²) >= 11 is 5.85. The standard InChI is InChI=1S/C20H20ClFN2O6/c1-12(2)30-20(26)10-16(14-5-3-4-6-17(14)24(27)28)23-19(25)11-29-18-8-7-13(22)9-15(18)21/h3-9,12,16H,10-11H2,1-2H3,(H,23,25). The van der Waals surface area contributed by atoms with Gasteiger partial charge in [-0.2, -0.15) is 0 Å². The maximum Gasteiger partial charge on any atom is 0.308 e. The van der Waals surface area contributed by atoms with Crippen molar-refractivity contribution in [2.75, 3.05) is 6.61 Å². The lowest BCUT2D eigenvalue weighted by atomic mass is 10.0. The Morgan fingerprint density at radius 1 is 1.23 bits per heavy atom. The van der Waals surface area contributed by atoms with Crippen LogP contribution in [0.15, 0.2) is 42.5 Å². The first-order chi connectivity index (χ1) is 14.2. The molecule has 0 aromatic heterocycles. The van der Waals surface area contributed by atoms with Gasteiger partial charge in [0, 0.05) is 6.07 Å². The number of nitrogens with one attached hydrogen (secondary N) is 1. The number of hydrogen-bond donors (Lipinski definition) is 1. The van der Waals surface area contributed by atoms with Crippen LogP contribution in [0.5, 0.6) is 5.75 Å². The van der Waals surface area contributed by atoms with E-state index in [2.05, 4.69) is 5.32 Å². The number of rotatable bonds is 9. The highest BCUT2D eigenvalue weighted by atomic mass is 35.5. The number of carbonyl (C=O) groups excluding carboxylic acids is 2. The maximum absolute atomic E-state index is 13.1. The van der Waals surface area contributed by atoms with Gasteiger partial charge >= 0.3 is 5.97 Å². The molecule has 160 valence electrons. The Morgan fingerprint density at radius 2 is 1.93 bits per heavy atom. The zero-order valence-corrected chi connectivity index (χ0v) is 17.0. The van der Waals surface area contributed by atoms with Crippen molar-refractivity contribution < 1.29 is 28.4 Å². The highest BCUT2D eigenvalue weighted by Crippen LogP contribution is 2.28. The first kappa shape index (κ1) is 23.1. The Labute approximate surface area is 177 Å². The lowest BCUT2D eigenvalue weighted by Crippen LogP contribution is -2.34. The molecule has 1 amide bonds. The third-order valence-corrected chi connectivity index (χ3v) is 4.13. The average molecular weight is 439 g/mol. The van der Waals surface area contributed by atoms with E-state index in [-0.39, 0.29) is 34.5 Å². The summed E-state index contributed by atoms with van der Waals surface area (Å²) in [6.07, 6.45) is -0.699. The highest BCUT2D eigenvalue weighted by molar-refractivity contribution is 6.32. The lowest BCUT2D eigenvalue weighted by molar-refractivity contribution is -0.385. The van der Waals surface area contributed by atoms with E-state index in [9.17, 15) is 24.1 Å². The zero-order chi connectivity index (χ0) is 22.3. The number of amides is 1. The van der Waals surface area contributed by atoms with E-state index in [0.29, 0.717) is 0 Å². The quantitative estimate of drug-likeness (QED) is 0.360. The van der Waals surface area contributed by atoms with Crippen molar-refractivity contribution in [2.45, 2.75) is 32.4 Å². The minimum absolute atomic E-state index is 0.0152. The van der Waals surface area contributed by atoms with E-state index in [1.807, 2.05) is 0 Å². The van der Waals surface area contributed by atoms with Gasteiger partial charge in [-0.25, -0.2) is 4.39 Å². The number of nitrogens with zero attached hydrogens (tertiary/aromatic N) is 1. The molecule has 2 aromatic rings. The summed E-state index contributed by atoms with van der Waals surface area (Å²) in [5, 5.41) is 13.9. The third-order valence-electron chi connectivity index (χ3n) is 3.83. The van der Waals surface area contributed by atoms with Crippen LogP contribution < -0.4 is 10.1 Å². The van der Waals surface area contributed by atoms with Crippen molar-refractivity contribution in [1.29, 1.82) is 0 Å². The van der Waals surface area contributed by atoms with Gasteiger partial charge in [-0.05, 0) is 32.0 Å². The first-order valence-corrected chi connectivity index (χ1v) is 9.35. The number of halogens is 2. The van der Waals surface area contributed by atoms with Crippen LogP contribution in [0.3, 0.4) is 0 Å². The Morgan fingerprint density at radius 3 is 2.57 bits per heavy atom. The second-order valence-electron chi connectivity index (χ2n) is 6.54. The summed E-state index contributed by atoms with van der Waals surface area (Å²) in [4.78, 5) is 35.3. The van der Waals surface area contributed by atoms with Crippen LogP contribution >= 0.6 is 11.6 Å². The summed E-state index contributed by atoms with van der Waals surface area (Å²) < 4.78 is 23.5. The van der Waals surface area contributed by atoms with Gasteiger partial charge in [0.05, 0.1) is 34.1 Å². The van der Waals surface area contributed by atoms with Crippen LogP contribution in [0.1, 0.15) is 31.9 Å². The van der Waals surface area contributed by atoms with E-state index >= 15 is 0 Å². The molecule has 1 N–H and O–H groups in total. The molecule has 0 aliphatic heterocycles. The van der Waals surface area contributed by atoms with Crippen molar-refractivity contribution in [2.24, 2.45) is 0 Å². The zero-order valence-electron chi connectivity index (χ0n) is 16.3. The monoisotopic (exact) mass is 438 g/mol. The highest BCUT2D eigenvalue weighted by Gasteiger charge is 2.26. The number of para-hydroxylation sites is 1. The molecule has 1 unspecified atom stereocenters. The van der Waals surface area contributed by atoms with Gasteiger partial charge in [0.1, 0.15) is 11.6 Å². The molecule has 2 aromatic carbocycles.